The van der Waals surface area contributed by atoms with Crippen molar-refractivity contribution in [3.63, 3.8) is 0 Å². The third kappa shape index (κ3) is 2.23. The van der Waals surface area contributed by atoms with Gasteiger partial charge in [-0.2, -0.15) is 0 Å². The van der Waals surface area contributed by atoms with E-state index in [1.807, 2.05) is 4.90 Å². The summed E-state index contributed by atoms with van der Waals surface area (Å²) >= 11 is 0. The van der Waals surface area contributed by atoms with Crippen LogP contribution in [0.15, 0.2) is 0 Å². The summed E-state index contributed by atoms with van der Waals surface area (Å²) in [6, 6.07) is 1.00. The third-order valence-electron chi connectivity index (χ3n) is 3.98. The van der Waals surface area contributed by atoms with Crippen LogP contribution in [0.5, 0.6) is 0 Å². The van der Waals surface area contributed by atoms with Gasteiger partial charge in [0.2, 0.25) is 0 Å². The van der Waals surface area contributed by atoms with Gasteiger partial charge in [-0.25, -0.2) is 0 Å². The molecule has 0 bridgehead atoms. The first-order valence-electron chi connectivity index (χ1n) is 6.04. The van der Waals surface area contributed by atoms with Crippen LogP contribution in [0.3, 0.4) is 0 Å². The zero-order valence-corrected chi connectivity index (χ0v) is 8.89. The van der Waals surface area contributed by atoms with Gasteiger partial charge in [-0.1, -0.05) is 13.3 Å². The molecule has 1 saturated carbocycles. The van der Waals surface area contributed by atoms with E-state index in [0.29, 0.717) is 0 Å². The van der Waals surface area contributed by atoms with Crippen LogP contribution >= 0.6 is 0 Å². The van der Waals surface area contributed by atoms with Gasteiger partial charge in [0.1, 0.15) is 26.2 Å². The van der Waals surface area contributed by atoms with Gasteiger partial charge in [-0.3, -0.25) is 0 Å². The molecule has 1 heterocycles. The summed E-state index contributed by atoms with van der Waals surface area (Å²) in [5.41, 5.74) is 0. The van der Waals surface area contributed by atoms with E-state index in [4.69, 9.17) is 0 Å². The highest BCUT2D eigenvalue weighted by atomic mass is 15.2. The molecular formula is C11H24N2+2. The second-order valence-electron chi connectivity index (χ2n) is 4.89. The van der Waals surface area contributed by atoms with E-state index < -0.39 is 0 Å². The van der Waals surface area contributed by atoms with E-state index in [-0.39, 0.29) is 0 Å². The number of nitrogens with one attached hydrogen (secondary N) is 1. The molecule has 2 nitrogen and oxygen atoms in total. The Kier molecular flexibility index (Phi) is 3.23. The maximum Gasteiger partial charge on any atom is 0.127 e. The Hall–Kier alpha value is -0.0800. The smallest absolute Gasteiger partial charge is 0.127 e. The first kappa shape index (κ1) is 9.47. The summed E-state index contributed by atoms with van der Waals surface area (Å²) < 4.78 is 0. The fourth-order valence-corrected chi connectivity index (χ4v) is 3.14. The Bertz CT molecular complexity index is 152. The van der Waals surface area contributed by atoms with Gasteiger partial charge >= 0.3 is 0 Å². The van der Waals surface area contributed by atoms with Crippen molar-refractivity contribution < 1.29 is 10.2 Å². The molecule has 0 aromatic heterocycles. The molecule has 0 spiro atoms. The summed E-state index contributed by atoms with van der Waals surface area (Å²) in [6.07, 6.45) is 5.95. The van der Waals surface area contributed by atoms with Crippen LogP contribution in [0.4, 0.5) is 0 Å². The molecule has 0 amide bonds. The van der Waals surface area contributed by atoms with Crippen molar-refractivity contribution in [2.24, 2.45) is 5.92 Å². The average molecular weight is 184 g/mol. The lowest BCUT2D eigenvalue weighted by molar-refractivity contribution is -0.971. The predicted molar refractivity (Wildman–Crippen MR) is 53.8 cm³/mol. The van der Waals surface area contributed by atoms with Crippen LogP contribution in [0, 0.1) is 5.92 Å². The minimum atomic E-state index is 0.988. The first-order valence-corrected chi connectivity index (χ1v) is 6.04. The first-order chi connectivity index (χ1) is 6.38. The summed E-state index contributed by atoms with van der Waals surface area (Å²) in [7, 11) is 0. The maximum atomic E-state index is 2.47. The van der Waals surface area contributed by atoms with E-state index in [1.54, 1.807) is 0 Å². The zero-order chi connectivity index (χ0) is 9.10. The summed E-state index contributed by atoms with van der Waals surface area (Å²) in [5, 5.41) is 2.47. The Morgan fingerprint density at radius 1 is 1.08 bits per heavy atom. The highest BCUT2D eigenvalue weighted by Crippen LogP contribution is 2.21. The van der Waals surface area contributed by atoms with Gasteiger partial charge < -0.3 is 10.2 Å². The molecule has 13 heavy (non-hydrogen) atoms. The van der Waals surface area contributed by atoms with Crippen LogP contribution < -0.4 is 10.2 Å². The van der Waals surface area contributed by atoms with E-state index in [1.165, 1.54) is 51.9 Å². The van der Waals surface area contributed by atoms with E-state index in [2.05, 4.69) is 12.2 Å². The molecule has 1 aliphatic carbocycles. The van der Waals surface area contributed by atoms with Crippen LogP contribution in [-0.4, -0.2) is 32.2 Å². The molecular weight excluding hydrogens is 160 g/mol. The zero-order valence-electron chi connectivity index (χ0n) is 8.89. The van der Waals surface area contributed by atoms with Crippen molar-refractivity contribution in [3.8, 4) is 0 Å². The Balaban J connectivity index is 1.88. The summed E-state index contributed by atoms with van der Waals surface area (Å²) in [6.45, 7) is 8.01. The molecule has 2 aliphatic rings. The lowest BCUT2D eigenvalue weighted by Gasteiger charge is -2.36. The highest BCUT2D eigenvalue weighted by Gasteiger charge is 2.31. The third-order valence-corrected chi connectivity index (χ3v) is 3.98. The summed E-state index contributed by atoms with van der Waals surface area (Å²) in [5.74, 6) is 0.988. The van der Waals surface area contributed by atoms with Crippen molar-refractivity contribution in [3.05, 3.63) is 0 Å². The largest absolute Gasteiger partial charge is 0.337 e. The minimum Gasteiger partial charge on any atom is -0.337 e. The molecule has 0 aromatic carbocycles. The molecule has 2 fully saturated rings. The van der Waals surface area contributed by atoms with E-state index >= 15 is 0 Å². The average Bonchev–Trinajstić information content (AvgIpc) is 2.20. The number of nitrogens with two attached hydrogens (primary N) is 1. The number of quaternary nitrogens is 2. The molecule has 76 valence electrons. The van der Waals surface area contributed by atoms with Gasteiger partial charge in [0.05, 0.1) is 6.04 Å². The normalized spacial score (nSPS) is 37.6. The molecule has 0 aromatic rings. The second-order valence-corrected chi connectivity index (χ2v) is 4.89. The molecule has 2 rings (SSSR count). The quantitative estimate of drug-likeness (QED) is 0.523. The molecule has 2 heteroatoms. The summed E-state index contributed by atoms with van der Waals surface area (Å²) in [4.78, 5) is 1.91. The van der Waals surface area contributed by atoms with Gasteiger partial charge in [-0.15, -0.1) is 0 Å². The van der Waals surface area contributed by atoms with Gasteiger partial charge in [0.15, 0.2) is 0 Å². The molecule has 1 aliphatic heterocycles. The molecule has 0 radical (unpaired) electrons. The SMILES string of the molecule is C[C@@H]1CCCC[C@H]1[NH+]1CC[NH2+]CC1. The van der Waals surface area contributed by atoms with Crippen LogP contribution in [0.2, 0.25) is 0 Å². The van der Waals surface area contributed by atoms with Crippen LogP contribution in [0.1, 0.15) is 32.6 Å². The fourth-order valence-electron chi connectivity index (χ4n) is 3.14. The molecule has 2 atom stereocenters. The van der Waals surface area contributed by atoms with Crippen molar-refractivity contribution in [2.75, 3.05) is 26.2 Å². The monoisotopic (exact) mass is 184 g/mol. The van der Waals surface area contributed by atoms with Crippen molar-refractivity contribution in [2.45, 2.75) is 38.6 Å². The van der Waals surface area contributed by atoms with Gasteiger partial charge in [0, 0.05) is 5.92 Å². The van der Waals surface area contributed by atoms with E-state index in [9.17, 15) is 0 Å². The fraction of sp³-hybridized carbons (Fsp3) is 1.00. The maximum absolute atomic E-state index is 2.47. The van der Waals surface area contributed by atoms with Gasteiger partial charge in [-0.05, 0) is 19.3 Å². The Morgan fingerprint density at radius 3 is 2.46 bits per heavy atom. The van der Waals surface area contributed by atoms with E-state index in [0.717, 1.165) is 12.0 Å². The minimum absolute atomic E-state index is 0.988. The van der Waals surface area contributed by atoms with Crippen molar-refractivity contribution >= 4 is 0 Å². The Labute approximate surface area is 81.7 Å². The van der Waals surface area contributed by atoms with Crippen LogP contribution in [0.25, 0.3) is 0 Å². The molecule has 0 unspecified atom stereocenters. The number of piperazine rings is 1. The predicted octanol–water partition coefficient (Wildman–Crippen LogP) is -0.973. The lowest BCUT2D eigenvalue weighted by atomic mass is 9.84. The second kappa shape index (κ2) is 4.43. The van der Waals surface area contributed by atoms with Crippen molar-refractivity contribution in [1.29, 1.82) is 0 Å². The molecule has 3 N–H and O–H groups in total. The van der Waals surface area contributed by atoms with Crippen molar-refractivity contribution in [1.82, 2.24) is 0 Å². The molecule has 1 saturated heterocycles. The number of rotatable bonds is 1. The highest BCUT2D eigenvalue weighted by molar-refractivity contribution is 4.71. The standard InChI is InChI=1S/C11H22N2/c1-10-4-2-3-5-11(10)13-8-6-12-7-9-13/h10-12H,2-9H2,1H3/p+2/t10-,11-/m1/s1. The number of hydrogen-bond donors (Lipinski definition) is 2. The van der Waals surface area contributed by atoms with Gasteiger partial charge in [0.25, 0.3) is 0 Å². The lowest BCUT2D eigenvalue weighted by Crippen LogP contribution is -3.23. The topological polar surface area (TPSA) is 21.1 Å². The Morgan fingerprint density at radius 2 is 1.77 bits per heavy atom. The van der Waals surface area contributed by atoms with Crippen LogP contribution in [-0.2, 0) is 0 Å². The number of hydrogen-bond acceptors (Lipinski definition) is 0.